The molecule has 3 aliphatic rings. The van der Waals surface area contributed by atoms with Crippen LogP contribution < -0.4 is 25.7 Å². The molecule has 0 unspecified atom stereocenters. The third kappa shape index (κ3) is 3.58. The molecule has 0 radical (unpaired) electrons. The number of nitrogens with zero attached hydrogens (tertiary/aromatic N) is 4. The Balaban J connectivity index is 0.00000294. The van der Waals surface area contributed by atoms with Crippen molar-refractivity contribution in [2.24, 2.45) is 17.8 Å². The first-order valence-electron chi connectivity index (χ1n) is 13.0. The van der Waals surface area contributed by atoms with E-state index in [0.717, 1.165) is 68.3 Å². The topological polar surface area (TPSA) is 90.5 Å². The maximum absolute atomic E-state index is 13.5. The summed E-state index contributed by atoms with van der Waals surface area (Å²) in [6.07, 6.45) is 7.45. The molecular weight excluding hydrogens is 485 g/mol. The molecule has 3 aromatic heterocycles. The third-order valence-electron chi connectivity index (χ3n) is 8.76. The summed E-state index contributed by atoms with van der Waals surface area (Å²) in [4.78, 5) is 40.5. The van der Waals surface area contributed by atoms with Crippen molar-refractivity contribution >= 4 is 58.9 Å². The Labute approximate surface area is 238 Å². The number of allylic oxidation sites excluding steroid dienone is 3. The molecule has 1 fully saturated rings. The van der Waals surface area contributed by atoms with Gasteiger partial charge in [0.1, 0.15) is 6.29 Å². The van der Waals surface area contributed by atoms with Gasteiger partial charge in [-0.3, -0.25) is 9.59 Å². The second-order valence-corrected chi connectivity index (χ2v) is 10.7. The average Bonchev–Trinajstić information content (AvgIpc) is 3.59. The second-order valence-electron chi connectivity index (χ2n) is 10.7. The van der Waals surface area contributed by atoms with E-state index in [9.17, 15) is 9.59 Å². The number of Topliss-reactive ketones (excluding diaryl/α,β-unsaturated/α-hetero) is 1. The van der Waals surface area contributed by atoms with Crippen LogP contribution in [0, 0.1) is 38.5 Å². The minimum absolute atomic E-state index is 0. The van der Waals surface area contributed by atoms with Gasteiger partial charge < -0.3 is 20.3 Å². The molecule has 6 rings (SSSR count). The number of fused-ring (bicyclic) bond motifs is 7. The number of hydrogen-bond acceptors (Lipinski definition) is 2. The number of carbonyl (C=O) groups excluding carboxylic acids is 2. The molecule has 0 spiro atoms. The standard InChI is InChI=1S/C31H31N4O2.Mg/c1-8-19-20(12-36)26-10-22-14(3)13(2)21(32-22)9-23-15(4)16(5)29(34-23)27-18(7)31(37)28-17(6)24(35-30(27)28)11-25(19)33-26;/h9-12,15-16,18H,8H2,1-7H3,(H-,34,35,36,37);/q-3;+2/p-1/b23-9-,26-10-;/t15-,16-,18+;/m0./s1. The molecule has 3 aromatic rings. The van der Waals surface area contributed by atoms with Crippen molar-refractivity contribution in [3.8, 4) is 0 Å². The van der Waals surface area contributed by atoms with Crippen LogP contribution in [0.1, 0.15) is 93.4 Å². The normalized spacial score (nSPS) is 26.6. The molecule has 0 aromatic carbocycles. The van der Waals surface area contributed by atoms with E-state index in [1.807, 2.05) is 32.9 Å². The number of carbonyl (C=O) groups is 2. The van der Waals surface area contributed by atoms with Crippen LogP contribution in [0.4, 0.5) is 0 Å². The van der Waals surface area contributed by atoms with E-state index < -0.39 is 0 Å². The predicted molar refractivity (Wildman–Crippen MR) is 150 cm³/mol. The molecule has 2 aliphatic heterocycles. The Morgan fingerprint density at radius 2 is 1.47 bits per heavy atom. The first-order valence-corrected chi connectivity index (χ1v) is 13.0. The van der Waals surface area contributed by atoms with Gasteiger partial charge in [-0.05, 0) is 39.0 Å². The molecule has 6 nitrogen and oxygen atoms in total. The Morgan fingerprint density at radius 3 is 2.13 bits per heavy atom. The molecule has 7 heteroatoms. The van der Waals surface area contributed by atoms with Crippen molar-refractivity contribution in [3.05, 3.63) is 83.6 Å². The summed E-state index contributed by atoms with van der Waals surface area (Å²) >= 11 is 0. The van der Waals surface area contributed by atoms with Gasteiger partial charge in [0.25, 0.3) is 0 Å². The van der Waals surface area contributed by atoms with Crippen LogP contribution in [0.2, 0.25) is 0 Å². The summed E-state index contributed by atoms with van der Waals surface area (Å²) in [6, 6.07) is 0. The van der Waals surface area contributed by atoms with Gasteiger partial charge in [-0.1, -0.05) is 73.7 Å². The molecule has 3 atom stereocenters. The zero-order valence-electron chi connectivity index (χ0n) is 23.1. The second kappa shape index (κ2) is 9.31. The molecule has 1 saturated heterocycles. The zero-order valence-corrected chi connectivity index (χ0v) is 24.5. The Morgan fingerprint density at radius 1 is 0.842 bits per heavy atom. The molecule has 0 saturated carbocycles. The van der Waals surface area contributed by atoms with Crippen molar-refractivity contribution in [2.75, 3.05) is 0 Å². The fraction of sp³-hybridized carbons (Fsp3) is 0.355. The van der Waals surface area contributed by atoms with E-state index in [0.29, 0.717) is 28.2 Å². The fourth-order valence-electron chi connectivity index (χ4n) is 6.05. The monoisotopic (exact) mass is 514 g/mol. The summed E-state index contributed by atoms with van der Waals surface area (Å²) in [5, 5.41) is 6.44. The van der Waals surface area contributed by atoms with Gasteiger partial charge in [0.05, 0.1) is 0 Å². The third-order valence-corrected chi connectivity index (χ3v) is 8.76. The van der Waals surface area contributed by atoms with Crippen LogP contribution in [0.15, 0.2) is 11.4 Å². The molecular formula is C31H30MgN4O2-2. The van der Waals surface area contributed by atoms with Gasteiger partial charge in [0, 0.05) is 17.0 Å². The first-order chi connectivity index (χ1) is 17.7. The zero-order chi connectivity index (χ0) is 26.3. The molecule has 8 bridgehead atoms. The number of aldehydes is 1. The van der Waals surface area contributed by atoms with Gasteiger partial charge in [-0.2, -0.15) is 11.4 Å². The summed E-state index contributed by atoms with van der Waals surface area (Å²) in [7, 11) is 0. The van der Waals surface area contributed by atoms with Crippen LogP contribution in [-0.4, -0.2) is 35.1 Å². The van der Waals surface area contributed by atoms with Crippen LogP contribution in [0.3, 0.4) is 0 Å². The van der Waals surface area contributed by atoms with Gasteiger partial charge in [-0.25, -0.2) is 0 Å². The van der Waals surface area contributed by atoms with E-state index in [2.05, 4.69) is 33.8 Å². The van der Waals surface area contributed by atoms with Crippen molar-refractivity contribution in [2.45, 2.75) is 54.9 Å². The number of ketones is 1. The molecule has 0 amide bonds. The van der Waals surface area contributed by atoms with Gasteiger partial charge in [0.2, 0.25) is 0 Å². The van der Waals surface area contributed by atoms with E-state index in [-0.39, 0.29) is 46.6 Å². The SMILES string of the molecule is CCc1c(C=O)/c2[n-]/c1=C\c1[n-]c3c(c1C)C(=O)[C@H](C)/C3=C1/[N-]/C(=C\c3[n-]c(c(C)c3C)\C=2)[C@@H](C)[C@@H]1C.[Mg+2]. The summed E-state index contributed by atoms with van der Waals surface area (Å²) in [5.74, 6) is 0.155. The molecule has 190 valence electrons. The Bertz CT molecular complexity index is 1710. The quantitative estimate of drug-likeness (QED) is 0.384. The van der Waals surface area contributed by atoms with Crippen LogP contribution in [0.5, 0.6) is 0 Å². The van der Waals surface area contributed by atoms with Crippen molar-refractivity contribution in [1.82, 2.24) is 15.0 Å². The number of hydrogen-bond donors (Lipinski definition) is 0. The predicted octanol–water partition coefficient (Wildman–Crippen LogP) is 3.69. The number of rotatable bonds is 2. The van der Waals surface area contributed by atoms with E-state index >= 15 is 0 Å². The van der Waals surface area contributed by atoms with Gasteiger partial charge in [0.15, 0.2) is 5.78 Å². The summed E-state index contributed by atoms with van der Waals surface area (Å²) in [5.41, 5.74) is 11.2. The Kier molecular flexibility index (Phi) is 6.51. The van der Waals surface area contributed by atoms with E-state index in [1.54, 1.807) is 0 Å². The summed E-state index contributed by atoms with van der Waals surface area (Å²) < 4.78 is 0. The largest absolute Gasteiger partial charge is 2.00 e. The Hall–Kier alpha value is -3.03. The summed E-state index contributed by atoms with van der Waals surface area (Å²) in [6.45, 7) is 14.4. The molecule has 1 aliphatic carbocycles. The maximum Gasteiger partial charge on any atom is 2.00 e. The molecule has 0 N–H and O–H groups in total. The van der Waals surface area contributed by atoms with Crippen LogP contribution in [0.25, 0.3) is 29.1 Å². The van der Waals surface area contributed by atoms with Crippen LogP contribution >= 0.6 is 0 Å². The molecule has 38 heavy (non-hydrogen) atoms. The minimum Gasteiger partial charge on any atom is -0.664 e. The number of aromatic nitrogens is 3. The minimum atomic E-state index is -0.282. The van der Waals surface area contributed by atoms with E-state index in [4.69, 9.17) is 20.3 Å². The van der Waals surface area contributed by atoms with Crippen molar-refractivity contribution < 1.29 is 9.59 Å². The van der Waals surface area contributed by atoms with Crippen LogP contribution in [-0.2, 0) is 6.42 Å². The van der Waals surface area contributed by atoms with E-state index in [1.165, 1.54) is 0 Å². The van der Waals surface area contributed by atoms with Crippen molar-refractivity contribution in [1.29, 1.82) is 0 Å². The smallest absolute Gasteiger partial charge is 0.664 e. The fourth-order valence-corrected chi connectivity index (χ4v) is 6.05. The van der Waals surface area contributed by atoms with Gasteiger partial charge in [-0.15, -0.1) is 33.5 Å². The van der Waals surface area contributed by atoms with Gasteiger partial charge >= 0.3 is 23.1 Å². The first kappa shape index (κ1) is 26.6. The molecule has 5 heterocycles. The average molecular weight is 515 g/mol. The van der Waals surface area contributed by atoms with Crippen molar-refractivity contribution in [3.63, 3.8) is 0 Å². The maximum atomic E-state index is 13.5.